The molecule has 1 unspecified atom stereocenters. The van der Waals surface area contributed by atoms with Crippen LogP contribution in [0.3, 0.4) is 0 Å². The Balaban J connectivity index is 0.00000182. The molecule has 0 spiro atoms. The maximum absolute atomic E-state index is 13.2. The van der Waals surface area contributed by atoms with Crippen LogP contribution in [-0.2, 0) is 9.59 Å². The summed E-state index contributed by atoms with van der Waals surface area (Å²) in [6, 6.07) is -0.477. The molecule has 2 saturated heterocycles. The number of rotatable bonds is 4. The van der Waals surface area contributed by atoms with Gasteiger partial charge in [0.15, 0.2) is 0 Å². The van der Waals surface area contributed by atoms with Crippen LogP contribution in [0.4, 0.5) is 8.78 Å². The van der Waals surface area contributed by atoms with Gasteiger partial charge in [0, 0.05) is 38.6 Å². The second-order valence-electron chi connectivity index (χ2n) is 7.50. The van der Waals surface area contributed by atoms with E-state index in [1.165, 1.54) is 19.3 Å². The highest BCUT2D eigenvalue weighted by Crippen LogP contribution is 2.26. The minimum atomic E-state index is -2.79. The Morgan fingerprint density at radius 1 is 1.04 bits per heavy atom. The van der Waals surface area contributed by atoms with Gasteiger partial charge >= 0.3 is 0 Å². The highest BCUT2D eigenvalue weighted by atomic mass is 35.5. The summed E-state index contributed by atoms with van der Waals surface area (Å²) in [5, 5.41) is 5.71. The number of alkyl halides is 2. The predicted molar refractivity (Wildman–Crippen MR) is 104 cm³/mol. The minimum Gasteiger partial charge on any atom is -0.352 e. The van der Waals surface area contributed by atoms with Gasteiger partial charge in [-0.2, -0.15) is 0 Å². The Morgan fingerprint density at radius 3 is 2.22 bits per heavy atom. The van der Waals surface area contributed by atoms with Gasteiger partial charge in [-0.1, -0.05) is 19.3 Å². The molecule has 0 bridgehead atoms. The third-order valence-electron chi connectivity index (χ3n) is 5.43. The molecule has 0 radical (unpaired) electrons. The Hall–Kier alpha value is -0.700. The molecule has 2 amide bonds. The molecule has 1 saturated carbocycles. The summed E-state index contributed by atoms with van der Waals surface area (Å²) in [6.07, 6.45) is 5.32. The molecule has 1 atom stereocenters. The van der Waals surface area contributed by atoms with Crippen molar-refractivity contribution in [2.24, 2.45) is 0 Å². The van der Waals surface area contributed by atoms with Gasteiger partial charge in [-0.3, -0.25) is 19.8 Å². The second kappa shape index (κ2) is 10.7. The third-order valence-corrected chi connectivity index (χ3v) is 5.43. The average Bonchev–Trinajstić information content (AvgIpc) is 2.96. The molecule has 2 N–H and O–H groups in total. The lowest BCUT2D eigenvalue weighted by molar-refractivity contribution is -0.135. The lowest BCUT2D eigenvalue weighted by atomic mass is 9.95. The quantitative estimate of drug-likeness (QED) is 0.707. The molecular weight excluding hydrogens is 401 g/mol. The molecule has 2 heterocycles. The molecule has 0 aromatic heterocycles. The fourth-order valence-corrected chi connectivity index (χ4v) is 3.96. The molecule has 3 rings (SSSR count). The number of nitrogens with one attached hydrogen (secondary N) is 2. The van der Waals surface area contributed by atoms with E-state index >= 15 is 0 Å². The zero-order valence-corrected chi connectivity index (χ0v) is 17.1. The van der Waals surface area contributed by atoms with E-state index in [4.69, 9.17) is 0 Å². The van der Waals surface area contributed by atoms with Crippen molar-refractivity contribution in [1.82, 2.24) is 20.4 Å². The molecule has 0 aromatic carbocycles. The van der Waals surface area contributed by atoms with Crippen molar-refractivity contribution < 1.29 is 18.4 Å². The Kier molecular flexibility index (Phi) is 9.68. The first-order valence-electron chi connectivity index (χ1n) is 9.35. The highest BCUT2D eigenvalue weighted by Gasteiger charge is 2.43. The van der Waals surface area contributed by atoms with Crippen LogP contribution < -0.4 is 10.6 Å². The summed E-state index contributed by atoms with van der Waals surface area (Å²) in [5.41, 5.74) is 0. The normalized spacial score (nSPS) is 26.0. The number of piperazine rings is 1. The summed E-state index contributed by atoms with van der Waals surface area (Å²) in [4.78, 5) is 28.1. The first-order valence-corrected chi connectivity index (χ1v) is 9.35. The number of nitrogens with zero attached hydrogens (tertiary/aromatic N) is 2. The van der Waals surface area contributed by atoms with Gasteiger partial charge < -0.3 is 10.2 Å². The zero-order valence-electron chi connectivity index (χ0n) is 15.4. The number of carbonyl (C=O) groups is 2. The van der Waals surface area contributed by atoms with E-state index in [2.05, 4.69) is 10.6 Å². The molecule has 2 aliphatic heterocycles. The molecule has 10 heteroatoms. The maximum atomic E-state index is 13.2. The van der Waals surface area contributed by atoms with E-state index in [-0.39, 0.29) is 36.6 Å². The second-order valence-corrected chi connectivity index (χ2v) is 7.50. The number of hydrogen-bond donors (Lipinski definition) is 2. The summed E-state index contributed by atoms with van der Waals surface area (Å²) >= 11 is 0. The van der Waals surface area contributed by atoms with Crippen LogP contribution >= 0.6 is 24.8 Å². The molecule has 3 aliphatic rings. The molecule has 0 aromatic rings. The van der Waals surface area contributed by atoms with E-state index in [9.17, 15) is 18.4 Å². The first-order chi connectivity index (χ1) is 11.9. The van der Waals surface area contributed by atoms with Crippen molar-refractivity contribution in [1.29, 1.82) is 0 Å². The van der Waals surface area contributed by atoms with Crippen LogP contribution in [0, 0.1) is 0 Å². The third kappa shape index (κ3) is 7.00. The predicted octanol–water partition coefficient (Wildman–Crippen LogP) is 1.42. The lowest BCUT2D eigenvalue weighted by Crippen LogP contribution is -2.54. The first kappa shape index (κ1) is 24.3. The van der Waals surface area contributed by atoms with Gasteiger partial charge in [0.1, 0.15) is 0 Å². The van der Waals surface area contributed by atoms with Crippen LogP contribution in [0.2, 0.25) is 0 Å². The topological polar surface area (TPSA) is 64.7 Å². The monoisotopic (exact) mass is 430 g/mol. The van der Waals surface area contributed by atoms with Crippen LogP contribution in [0.5, 0.6) is 0 Å². The van der Waals surface area contributed by atoms with Gasteiger partial charge in [-0.25, -0.2) is 8.78 Å². The molecule has 158 valence electrons. The zero-order chi connectivity index (χ0) is 17.9. The average molecular weight is 431 g/mol. The summed E-state index contributed by atoms with van der Waals surface area (Å²) in [6.45, 7) is 2.10. The van der Waals surface area contributed by atoms with Crippen molar-refractivity contribution in [3.05, 3.63) is 0 Å². The molecular formula is C17H30Cl2F2N4O2. The Bertz CT molecular complexity index is 499. The standard InChI is InChI=1S/C17H28F2N4O2.2ClH/c18-17(19)10-14(20-12-17)16(25)23-8-6-22(7-9-23)11-15(24)21-13-4-2-1-3-5-13;;/h13-14,20H,1-12H2,(H,21,24);2*1H. The van der Waals surface area contributed by atoms with E-state index in [0.29, 0.717) is 38.8 Å². The van der Waals surface area contributed by atoms with Gasteiger partial charge in [0.2, 0.25) is 11.8 Å². The van der Waals surface area contributed by atoms with Crippen LogP contribution in [0.25, 0.3) is 0 Å². The van der Waals surface area contributed by atoms with Gasteiger partial charge in [-0.15, -0.1) is 24.8 Å². The highest BCUT2D eigenvalue weighted by molar-refractivity contribution is 5.85. The van der Waals surface area contributed by atoms with Crippen LogP contribution in [-0.4, -0.2) is 78.9 Å². The van der Waals surface area contributed by atoms with Gasteiger partial charge in [0.25, 0.3) is 5.92 Å². The van der Waals surface area contributed by atoms with Gasteiger partial charge in [0.05, 0.1) is 19.1 Å². The van der Waals surface area contributed by atoms with Crippen molar-refractivity contribution in [2.45, 2.75) is 56.5 Å². The SMILES string of the molecule is Cl.Cl.O=C(CN1CCN(C(=O)C2CC(F)(F)CN2)CC1)NC1CCCCC1. The largest absolute Gasteiger partial charge is 0.352 e. The Labute approximate surface area is 171 Å². The molecule has 1 aliphatic carbocycles. The fourth-order valence-electron chi connectivity index (χ4n) is 3.96. The van der Waals surface area contributed by atoms with E-state index in [0.717, 1.165) is 12.8 Å². The van der Waals surface area contributed by atoms with Crippen molar-refractivity contribution in [3.8, 4) is 0 Å². The fraction of sp³-hybridized carbons (Fsp3) is 0.882. The van der Waals surface area contributed by atoms with E-state index in [1.807, 2.05) is 4.90 Å². The van der Waals surface area contributed by atoms with Crippen LogP contribution in [0.15, 0.2) is 0 Å². The smallest absolute Gasteiger partial charge is 0.262 e. The van der Waals surface area contributed by atoms with Crippen molar-refractivity contribution in [2.75, 3.05) is 39.3 Å². The van der Waals surface area contributed by atoms with Gasteiger partial charge in [-0.05, 0) is 12.8 Å². The van der Waals surface area contributed by atoms with Crippen molar-refractivity contribution in [3.63, 3.8) is 0 Å². The Morgan fingerprint density at radius 2 is 1.67 bits per heavy atom. The minimum absolute atomic E-state index is 0. The van der Waals surface area contributed by atoms with E-state index < -0.39 is 24.9 Å². The molecule has 3 fully saturated rings. The number of halogens is 4. The lowest BCUT2D eigenvalue weighted by Gasteiger charge is -2.35. The number of carbonyl (C=O) groups excluding carboxylic acids is 2. The summed E-state index contributed by atoms with van der Waals surface area (Å²) in [5.74, 6) is -2.99. The van der Waals surface area contributed by atoms with Crippen LogP contribution in [0.1, 0.15) is 38.5 Å². The summed E-state index contributed by atoms with van der Waals surface area (Å²) in [7, 11) is 0. The van der Waals surface area contributed by atoms with Crippen molar-refractivity contribution >= 4 is 36.6 Å². The number of hydrogen-bond acceptors (Lipinski definition) is 4. The molecule has 27 heavy (non-hydrogen) atoms. The number of amides is 2. The molecule has 6 nitrogen and oxygen atoms in total. The maximum Gasteiger partial charge on any atom is 0.262 e. The summed E-state index contributed by atoms with van der Waals surface area (Å²) < 4.78 is 26.5. The van der Waals surface area contributed by atoms with E-state index in [1.54, 1.807) is 4.90 Å².